The number of hydrogen-bond acceptors (Lipinski definition) is 3. The lowest BCUT2D eigenvalue weighted by molar-refractivity contribution is -0.390. The SMILES string of the molecule is CC(C)CCCn1cc(Br)c([N+](=O)[O-])n1. The summed E-state index contributed by atoms with van der Waals surface area (Å²) in [5.74, 6) is 0.540. The summed E-state index contributed by atoms with van der Waals surface area (Å²) < 4.78 is 2.06. The Hall–Kier alpha value is -0.910. The highest BCUT2D eigenvalue weighted by atomic mass is 79.9. The van der Waals surface area contributed by atoms with Crippen molar-refractivity contribution in [2.24, 2.45) is 5.92 Å². The van der Waals surface area contributed by atoms with Crippen LogP contribution >= 0.6 is 15.9 Å². The van der Waals surface area contributed by atoms with E-state index < -0.39 is 4.92 Å². The largest absolute Gasteiger partial charge is 0.404 e. The van der Waals surface area contributed by atoms with Gasteiger partial charge in [-0.05, 0) is 39.6 Å². The molecule has 6 heteroatoms. The molecule has 1 heterocycles. The molecule has 0 aliphatic carbocycles. The number of aromatic nitrogens is 2. The van der Waals surface area contributed by atoms with E-state index in [0.29, 0.717) is 10.4 Å². The van der Waals surface area contributed by atoms with Crippen LogP contribution in [0.4, 0.5) is 5.82 Å². The number of aryl methyl sites for hydroxylation is 1. The molecule has 0 spiro atoms. The average molecular weight is 276 g/mol. The summed E-state index contributed by atoms with van der Waals surface area (Å²) in [5.41, 5.74) is 0. The number of halogens is 1. The Labute approximate surface area is 96.7 Å². The fourth-order valence-electron chi connectivity index (χ4n) is 1.29. The Morgan fingerprint density at radius 3 is 2.80 bits per heavy atom. The minimum absolute atomic E-state index is 0.112. The maximum Gasteiger partial charge on any atom is 0.404 e. The monoisotopic (exact) mass is 275 g/mol. The molecule has 0 aromatic carbocycles. The Bertz CT molecular complexity index is 349. The molecule has 84 valence electrons. The van der Waals surface area contributed by atoms with E-state index >= 15 is 0 Å². The third-order valence-electron chi connectivity index (χ3n) is 2.04. The lowest BCUT2D eigenvalue weighted by atomic mass is 10.1. The quantitative estimate of drug-likeness (QED) is 0.613. The number of hydrogen-bond donors (Lipinski definition) is 0. The number of rotatable bonds is 5. The molecule has 0 amide bonds. The molecule has 0 radical (unpaired) electrons. The smallest absolute Gasteiger partial charge is 0.358 e. The maximum atomic E-state index is 10.5. The van der Waals surface area contributed by atoms with E-state index in [0.717, 1.165) is 19.4 Å². The minimum Gasteiger partial charge on any atom is -0.358 e. The standard InChI is InChI=1S/C9H14BrN3O2/c1-7(2)4-3-5-12-6-8(10)9(11-12)13(14)15/h6-7H,3-5H2,1-2H3. The Morgan fingerprint density at radius 1 is 1.67 bits per heavy atom. The van der Waals surface area contributed by atoms with Crippen LogP contribution in [0.2, 0.25) is 0 Å². The van der Waals surface area contributed by atoms with Gasteiger partial charge in [-0.1, -0.05) is 13.8 Å². The molecule has 0 atom stereocenters. The van der Waals surface area contributed by atoms with Crippen molar-refractivity contribution in [3.05, 3.63) is 20.8 Å². The van der Waals surface area contributed by atoms with E-state index in [9.17, 15) is 10.1 Å². The molecule has 0 saturated heterocycles. The third-order valence-corrected chi connectivity index (χ3v) is 2.60. The van der Waals surface area contributed by atoms with Gasteiger partial charge in [0.1, 0.15) is 4.47 Å². The van der Waals surface area contributed by atoms with Crippen molar-refractivity contribution in [3.63, 3.8) is 0 Å². The number of nitrogens with zero attached hydrogens (tertiary/aromatic N) is 3. The molecule has 0 unspecified atom stereocenters. The topological polar surface area (TPSA) is 61.0 Å². The maximum absolute atomic E-state index is 10.5. The third kappa shape index (κ3) is 3.62. The molecule has 0 fully saturated rings. The molecule has 15 heavy (non-hydrogen) atoms. The molecule has 0 N–H and O–H groups in total. The zero-order valence-electron chi connectivity index (χ0n) is 8.81. The fourth-order valence-corrected chi connectivity index (χ4v) is 1.75. The highest BCUT2D eigenvalue weighted by Crippen LogP contribution is 2.22. The first-order valence-corrected chi connectivity index (χ1v) is 5.67. The van der Waals surface area contributed by atoms with Crippen molar-refractivity contribution < 1.29 is 4.92 Å². The van der Waals surface area contributed by atoms with Gasteiger partial charge >= 0.3 is 5.82 Å². The van der Waals surface area contributed by atoms with Gasteiger partial charge in [0, 0.05) is 0 Å². The van der Waals surface area contributed by atoms with Crippen LogP contribution in [0, 0.1) is 16.0 Å². The van der Waals surface area contributed by atoms with Crippen LogP contribution in [0.15, 0.2) is 10.7 Å². The number of nitro groups is 1. The van der Waals surface area contributed by atoms with E-state index in [4.69, 9.17) is 0 Å². The molecule has 0 aliphatic rings. The highest BCUT2D eigenvalue weighted by molar-refractivity contribution is 9.10. The summed E-state index contributed by atoms with van der Waals surface area (Å²) in [4.78, 5) is 10.0. The second-order valence-electron chi connectivity index (χ2n) is 3.86. The van der Waals surface area contributed by atoms with Gasteiger partial charge in [-0.25, -0.2) is 0 Å². The van der Waals surface area contributed by atoms with Gasteiger partial charge in [-0.3, -0.25) is 0 Å². The summed E-state index contributed by atoms with van der Waals surface area (Å²) in [6.07, 6.45) is 3.74. The Morgan fingerprint density at radius 2 is 2.33 bits per heavy atom. The van der Waals surface area contributed by atoms with Gasteiger partial charge in [-0.2, -0.15) is 4.68 Å². The van der Waals surface area contributed by atoms with Crippen LogP contribution in [0.1, 0.15) is 26.7 Å². The molecule has 1 rings (SSSR count). The Kier molecular flexibility index (Phi) is 4.26. The van der Waals surface area contributed by atoms with Crippen LogP contribution in [0.25, 0.3) is 0 Å². The molecule has 0 saturated carbocycles. The zero-order valence-corrected chi connectivity index (χ0v) is 10.4. The second kappa shape index (κ2) is 5.25. The van der Waals surface area contributed by atoms with Crippen molar-refractivity contribution in [3.8, 4) is 0 Å². The van der Waals surface area contributed by atoms with Crippen molar-refractivity contribution in [2.75, 3.05) is 0 Å². The van der Waals surface area contributed by atoms with E-state index in [1.807, 2.05) is 0 Å². The van der Waals surface area contributed by atoms with E-state index in [1.54, 1.807) is 10.9 Å². The van der Waals surface area contributed by atoms with Gasteiger partial charge < -0.3 is 10.1 Å². The first kappa shape index (κ1) is 12.2. The second-order valence-corrected chi connectivity index (χ2v) is 4.71. The lowest BCUT2D eigenvalue weighted by Crippen LogP contribution is -2.01. The van der Waals surface area contributed by atoms with Crippen molar-refractivity contribution in [1.29, 1.82) is 0 Å². The van der Waals surface area contributed by atoms with Gasteiger partial charge in [0.15, 0.2) is 0 Å². The molecule has 1 aromatic rings. The average Bonchev–Trinajstić information content (AvgIpc) is 2.46. The predicted octanol–water partition coefficient (Wildman–Crippen LogP) is 2.99. The van der Waals surface area contributed by atoms with Crippen LogP contribution in [0.5, 0.6) is 0 Å². The summed E-state index contributed by atoms with van der Waals surface area (Å²) in [5, 5.41) is 14.4. The highest BCUT2D eigenvalue weighted by Gasteiger charge is 2.17. The first-order valence-electron chi connectivity index (χ1n) is 4.88. The molecule has 0 bridgehead atoms. The van der Waals surface area contributed by atoms with Crippen molar-refractivity contribution in [1.82, 2.24) is 9.78 Å². The summed E-state index contributed by atoms with van der Waals surface area (Å²) in [6.45, 7) is 5.04. The molecular weight excluding hydrogens is 262 g/mol. The van der Waals surface area contributed by atoms with Gasteiger partial charge in [-0.15, -0.1) is 0 Å². The molecule has 1 aromatic heterocycles. The minimum atomic E-state index is -0.483. The molecular formula is C9H14BrN3O2. The lowest BCUT2D eigenvalue weighted by Gasteiger charge is -2.01. The van der Waals surface area contributed by atoms with Crippen LogP contribution in [-0.4, -0.2) is 14.7 Å². The zero-order chi connectivity index (χ0) is 11.4. The Balaban J connectivity index is 2.56. The van der Waals surface area contributed by atoms with Crippen molar-refractivity contribution >= 4 is 21.7 Å². The van der Waals surface area contributed by atoms with E-state index in [1.165, 1.54) is 0 Å². The summed E-state index contributed by atoms with van der Waals surface area (Å²) in [6, 6.07) is 0. The molecule has 0 aliphatic heterocycles. The first-order chi connectivity index (χ1) is 7.00. The normalized spacial score (nSPS) is 10.9. The van der Waals surface area contributed by atoms with Gasteiger partial charge in [0.25, 0.3) is 0 Å². The van der Waals surface area contributed by atoms with E-state index in [-0.39, 0.29) is 5.82 Å². The predicted molar refractivity (Wildman–Crippen MR) is 60.7 cm³/mol. The van der Waals surface area contributed by atoms with Crippen LogP contribution in [-0.2, 0) is 6.54 Å². The van der Waals surface area contributed by atoms with E-state index in [2.05, 4.69) is 34.9 Å². The van der Waals surface area contributed by atoms with Crippen LogP contribution in [0.3, 0.4) is 0 Å². The van der Waals surface area contributed by atoms with Gasteiger partial charge in [0.2, 0.25) is 0 Å². The van der Waals surface area contributed by atoms with Gasteiger partial charge in [0.05, 0.1) is 17.8 Å². The fraction of sp³-hybridized carbons (Fsp3) is 0.667. The summed E-state index contributed by atoms with van der Waals surface area (Å²) >= 11 is 3.11. The van der Waals surface area contributed by atoms with Crippen molar-refractivity contribution in [2.45, 2.75) is 33.2 Å². The van der Waals surface area contributed by atoms with Crippen LogP contribution < -0.4 is 0 Å². The molecule has 5 nitrogen and oxygen atoms in total. The summed E-state index contributed by atoms with van der Waals surface area (Å²) in [7, 11) is 0.